The SMILES string of the molecule is C[C@H](O)COC[C@@H](C)O. The molecule has 0 rings (SSSR count). The van der Waals surface area contributed by atoms with Gasteiger partial charge in [0.25, 0.3) is 0 Å². The smallest absolute Gasteiger partial charge is 0.0745 e. The number of rotatable bonds is 4. The van der Waals surface area contributed by atoms with E-state index in [1.54, 1.807) is 13.8 Å². The van der Waals surface area contributed by atoms with Crippen LogP contribution in [0.15, 0.2) is 0 Å². The molecule has 0 fully saturated rings. The van der Waals surface area contributed by atoms with Crippen LogP contribution in [0.4, 0.5) is 0 Å². The van der Waals surface area contributed by atoms with Gasteiger partial charge in [-0.2, -0.15) is 0 Å². The van der Waals surface area contributed by atoms with Gasteiger partial charge in [-0.05, 0) is 13.8 Å². The van der Waals surface area contributed by atoms with E-state index in [9.17, 15) is 0 Å². The van der Waals surface area contributed by atoms with Gasteiger partial charge in [0.15, 0.2) is 0 Å². The molecule has 0 bridgehead atoms. The molecule has 0 saturated carbocycles. The minimum absolute atomic E-state index is 0.297. The van der Waals surface area contributed by atoms with Crippen molar-refractivity contribution in [3.05, 3.63) is 0 Å². The highest BCUT2D eigenvalue weighted by atomic mass is 16.5. The van der Waals surface area contributed by atoms with Crippen molar-refractivity contribution >= 4 is 0 Å². The van der Waals surface area contributed by atoms with Gasteiger partial charge in [0, 0.05) is 0 Å². The maximum Gasteiger partial charge on any atom is 0.0745 e. The number of aliphatic hydroxyl groups is 2. The Morgan fingerprint density at radius 1 is 1.11 bits per heavy atom. The summed E-state index contributed by atoms with van der Waals surface area (Å²) in [6.45, 7) is 3.87. The Hall–Kier alpha value is -0.120. The molecule has 0 radical (unpaired) electrons. The van der Waals surface area contributed by atoms with Gasteiger partial charge in [0.1, 0.15) is 0 Å². The zero-order valence-electron chi connectivity index (χ0n) is 5.87. The first kappa shape index (κ1) is 8.88. The Balaban J connectivity index is 2.91. The van der Waals surface area contributed by atoms with E-state index in [0.29, 0.717) is 13.2 Å². The highest BCUT2D eigenvalue weighted by molar-refractivity contribution is 4.44. The summed E-state index contributed by atoms with van der Waals surface area (Å²) < 4.78 is 4.86. The molecular formula is C6H14O3. The zero-order chi connectivity index (χ0) is 7.28. The van der Waals surface area contributed by atoms with Crippen LogP contribution in [0.3, 0.4) is 0 Å². The third kappa shape index (κ3) is 7.88. The fourth-order valence-electron chi connectivity index (χ4n) is 0.409. The Kier molecular flexibility index (Phi) is 4.67. The topological polar surface area (TPSA) is 49.7 Å². The van der Waals surface area contributed by atoms with Crippen LogP contribution in [0.1, 0.15) is 13.8 Å². The van der Waals surface area contributed by atoms with E-state index < -0.39 is 12.2 Å². The van der Waals surface area contributed by atoms with Gasteiger partial charge < -0.3 is 14.9 Å². The van der Waals surface area contributed by atoms with Crippen LogP contribution in [0.5, 0.6) is 0 Å². The molecule has 0 aliphatic carbocycles. The van der Waals surface area contributed by atoms with Crippen LogP contribution in [-0.4, -0.2) is 35.6 Å². The number of hydrogen-bond acceptors (Lipinski definition) is 3. The first-order valence-electron chi connectivity index (χ1n) is 3.06. The minimum Gasteiger partial charge on any atom is -0.391 e. The largest absolute Gasteiger partial charge is 0.391 e. The lowest BCUT2D eigenvalue weighted by atomic mass is 10.4. The lowest BCUT2D eigenvalue weighted by Crippen LogP contribution is -2.16. The van der Waals surface area contributed by atoms with E-state index in [2.05, 4.69) is 0 Å². The quantitative estimate of drug-likeness (QED) is 0.558. The van der Waals surface area contributed by atoms with E-state index in [-0.39, 0.29) is 0 Å². The molecular weight excluding hydrogens is 120 g/mol. The average molecular weight is 134 g/mol. The molecule has 9 heavy (non-hydrogen) atoms. The fourth-order valence-corrected chi connectivity index (χ4v) is 0.409. The molecule has 2 atom stereocenters. The Labute approximate surface area is 55.3 Å². The molecule has 0 unspecified atom stereocenters. The predicted octanol–water partition coefficient (Wildman–Crippen LogP) is -0.235. The molecule has 0 aliphatic rings. The molecule has 0 spiro atoms. The molecule has 2 N–H and O–H groups in total. The second-order valence-corrected chi connectivity index (χ2v) is 2.24. The van der Waals surface area contributed by atoms with Crippen LogP contribution in [0.25, 0.3) is 0 Å². The number of ether oxygens (including phenoxy) is 1. The van der Waals surface area contributed by atoms with E-state index >= 15 is 0 Å². The molecule has 0 amide bonds. The molecule has 3 nitrogen and oxygen atoms in total. The van der Waals surface area contributed by atoms with Gasteiger partial charge in [0.2, 0.25) is 0 Å². The van der Waals surface area contributed by atoms with Crippen molar-refractivity contribution in [2.45, 2.75) is 26.1 Å². The summed E-state index contributed by atoms with van der Waals surface area (Å²) in [5.74, 6) is 0. The summed E-state index contributed by atoms with van der Waals surface area (Å²) >= 11 is 0. The minimum atomic E-state index is -0.441. The lowest BCUT2D eigenvalue weighted by molar-refractivity contribution is 0.00392. The molecule has 3 heteroatoms. The monoisotopic (exact) mass is 134 g/mol. The fraction of sp³-hybridized carbons (Fsp3) is 1.00. The van der Waals surface area contributed by atoms with E-state index in [0.717, 1.165) is 0 Å². The van der Waals surface area contributed by atoms with Gasteiger partial charge in [-0.15, -0.1) is 0 Å². The van der Waals surface area contributed by atoms with Crippen molar-refractivity contribution in [2.24, 2.45) is 0 Å². The Bertz CT molecular complexity index is 53.3. The third-order valence-electron chi connectivity index (χ3n) is 0.718. The summed E-state index contributed by atoms with van der Waals surface area (Å²) in [5, 5.41) is 17.3. The van der Waals surface area contributed by atoms with Gasteiger partial charge in [-0.3, -0.25) is 0 Å². The third-order valence-corrected chi connectivity index (χ3v) is 0.718. The highest BCUT2D eigenvalue weighted by Crippen LogP contribution is 1.85. The molecule has 56 valence electrons. The summed E-state index contributed by atoms with van der Waals surface area (Å²) in [5.41, 5.74) is 0. The van der Waals surface area contributed by atoms with Crippen molar-refractivity contribution in [2.75, 3.05) is 13.2 Å². The summed E-state index contributed by atoms with van der Waals surface area (Å²) in [6.07, 6.45) is -0.882. The molecule has 0 saturated heterocycles. The van der Waals surface area contributed by atoms with Gasteiger partial charge in [-0.1, -0.05) is 0 Å². The normalized spacial score (nSPS) is 17.3. The summed E-state index contributed by atoms with van der Waals surface area (Å²) in [6, 6.07) is 0. The number of aliphatic hydroxyl groups excluding tert-OH is 2. The standard InChI is InChI=1S/C6H14O3/c1-5(7)3-9-4-6(2)8/h5-8H,3-4H2,1-2H3/t5-,6+. The lowest BCUT2D eigenvalue weighted by Gasteiger charge is -2.06. The molecule has 0 aromatic carbocycles. The number of hydrogen-bond donors (Lipinski definition) is 2. The first-order valence-corrected chi connectivity index (χ1v) is 3.06. The second-order valence-electron chi connectivity index (χ2n) is 2.24. The van der Waals surface area contributed by atoms with Crippen LogP contribution >= 0.6 is 0 Å². The second kappa shape index (κ2) is 4.73. The first-order chi connectivity index (χ1) is 4.13. The van der Waals surface area contributed by atoms with Crippen LogP contribution in [-0.2, 0) is 4.74 Å². The molecule has 0 aromatic heterocycles. The molecule has 0 heterocycles. The van der Waals surface area contributed by atoms with Crippen molar-refractivity contribution in [1.82, 2.24) is 0 Å². The Morgan fingerprint density at radius 2 is 1.44 bits per heavy atom. The van der Waals surface area contributed by atoms with E-state index in [1.165, 1.54) is 0 Å². The van der Waals surface area contributed by atoms with Crippen molar-refractivity contribution in [3.8, 4) is 0 Å². The molecule has 0 aliphatic heterocycles. The van der Waals surface area contributed by atoms with Gasteiger partial charge in [-0.25, -0.2) is 0 Å². The Morgan fingerprint density at radius 3 is 1.67 bits per heavy atom. The molecule has 0 aromatic rings. The van der Waals surface area contributed by atoms with Gasteiger partial charge >= 0.3 is 0 Å². The summed E-state index contributed by atoms with van der Waals surface area (Å²) in [7, 11) is 0. The average Bonchev–Trinajstić information content (AvgIpc) is 1.63. The maximum atomic E-state index is 8.66. The highest BCUT2D eigenvalue weighted by Gasteiger charge is 1.97. The van der Waals surface area contributed by atoms with Crippen LogP contribution in [0, 0.1) is 0 Å². The summed E-state index contributed by atoms with van der Waals surface area (Å²) in [4.78, 5) is 0. The van der Waals surface area contributed by atoms with Crippen molar-refractivity contribution < 1.29 is 14.9 Å². The van der Waals surface area contributed by atoms with Crippen LogP contribution in [0.2, 0.25) is 0 Å². The van der Waals surface area contributed by atoms with Crippen molar-refractivity contribution in [1.29, 1.82) is 0 Å². The zero-order valence-corrected chi connectivity index (χ0v) is 5.87. The predicted molar refractivity (Wildman–Crippen MR) is 34.2 cm³/mol. The van der Waals surface area contributed by atoms with E-state index in [1.807, 2.05) is 0 Å². The van der Waals surface area contributed by atoms with Crippen LogP contribution < -0.4 is 0 Å². The maximum absolute atomic E-state index is 8.66. The van der Waals surface area contributed by atoms with Gasteiger partial charge in [0.05, 0.1) is 25.4 Å². The van der Waals surface area contributed by atoms with Crippen molar-refractivity contribution in [3.63, 3.8) is 0 Å². The van der Waals surface area contributed by atoms with E-state index in [4.69, 9.17) is 14.9 Å².